The predicted octanol–water partition coefficient (Wildman–Crippen LogP) is 1.45. The van der Waals surface area contributed by atoms with Crippen LogP contribution in [0.15, 0.2) is 18.5 Å². The molecule has 0 aliphatic rings. The number of rotatable bonds is 3. The van der Waals surface area contributed by atoms with Crippen molar-refractivity contribution in [1.29, 1.82) is 0 Å². The molecule has 0 spiro atoms. The monoisotopic (exact) mass is 312 g/mol. The van der Waals surface area contributed by atoms with Crippen molar-refractivity contribution in [3.8, 4) is 0 Å². The molecule has 0 atom stereocenters. The number of halogens is 1. The SMILES string of the molecule is CCS(=O)(=O)Nc1ccncc1I. The molecular formula is C7H9IN2O2S. The van der Waals surface area contributed by atoms with Gasteiger partial charge in [-0.2, -0.15) is 0 Å². The van der Waals surface area contributed by atoms with Gasteiger partial charge in [-0.3, -0.25) is 9.71 Å². The summed E-state index contributed by atoms with van der Waals surface area (Å²) in [6, 6.07) is 1.63. The number of hydrogen-bond donors (Lipinski definition) is 1. The molecular weight excluding hydrogens is 303 g/mol. The van der Waals surface area contributed by atoms with Crippen molar-refractivity contribution in [3.63, 3.8) is 0 Å². The van der Waals surface area contributed by atoms with Crippen molar-refractivity contribution in [2.24, 2.45) is 0 Å². The van der Waals surface area contributed by atoms with Crippen LogP contribution >= 0.6 is 22.6 Å². The third-order valence-corrected chi connectivity index (χ3v) is 3.57. The van der Waals surface area contributed by atoms with Crippen LogP contribution in [0.1, 0.15) is 6.92 Å². The molecule has 0 saturated carbocycles. The molecule has 0 unspecified atom stereocenters. The summed E-state index contributed by atoms with van der Waals surface area (Å²) in [6.07, 6.45) is 3.16. The largest absolute Gasteiger partial charge is 0.282 e. The van der Waals surface area contributed by atoms with E-state index in [1.54, 1.807) is 25.4 Å². The van der Waals surface area contributed by atoms with Crippen LogP contribution in [0.25, 0.3) is 0 Å². The molecule has 0 fully saturated rings. The van der Waals surface area contributed by atoms with Crippen LogP contribution in [0.3, 0.4) is 0 Å². The minimum absolute atomic E-state index is 0.0748. The standard InChI is InChI=1S/C7H9IN2O2S/c1-2-13(11,12)10-7-3-4-9-5-6(7)8/h3-5H,2H2,1H3,(H,9,10). The minimum Gasteiger partial charge on any atom is -0.282 e. The lowest BCUT2D eigenvalue weighted by atomic mass is 10.4. The lowest BCUT2D eigenvalue weighted by Gasteiger charge is -2.06. The summed E-state index contributed by atoms with van der Waals surface area (Å²) in [7, 11) is -3.18. The van der Waals surface area contributed by atoms with Gasteiger partial charge in [-0.1, -0.05) is 0 Å². The van der Waals surface area contributed by atoms with Gasteiger partial charge in [0.1, 0.15) is 0 Å². The van der Waals surface area contributed by atoms with E-state index in [1.165, 1.54) is 0 Å². The smallest absolute Gasteiger partial charge is 0.232 e. The number of sulfonamides is 1. The van der Waals surface area contributed by atoms with Gasteiger partial charge >= 0.3 is 0 Å². The van der Waals surface area contributed by atoms with E-state index in [4.69, 9.17) is 0 Å². The molecule has 4 nitrogen and oxygen atoms in total. The first kappa shape index (κ1) is 10.7. The molecule has 0 saturated heterocycles. The van der Waals surface area contributed by atoms with Gasteiger partial charge in [-0.05, 0) is 35.6 Å². The Balaban J connectivity index is 2.93. The molecule has 0 bridgehead atoms. The Bertz CT molecular complexity index is 391. The van der Waals surface area contributed by atoms with Gasteiger partial charge in [0.2, 0.25) is 10.0 Å². The van der Waals surface area contributed by atoms with Crippen LogP contribution in [0.5, 0.6) is 0 Å². The Morgan fingerprint density at radius 2 is 2.31 bits per heavy atom. The number of nitrogens with zero attached hydrogens (tertiary/aromatic N) is 1. The molecule has 1 N–H and O–H groups in total. The van der Waals surface area contributed by atoms with E-state index in [9.17, 15) is 8.42 Å². The van der Waals surface area contributed by atoms with Crippen LogP contribution in [0.2, 0.25) is 0 Å². The molecule has 0 aliphatic heterocycles. The van der Waals surface area contributed by atoms with Crippen LogP contribution in [0.4, 0.5) is 5.69 Å². The highest BCUT2D eigenvalue weighted by Crippen LogP contribution is 2.16. The zero-order chi connectivity index (χ0) is 9.90. The summed E-state index contributed by atoms with van der Waals surface area (Å²) >= 11 is 2.03. The zero-order valence-electron chi connectivity index (χ0n) is 6.99. The van der Waals surface area contributed by atoms with Gasteiger partial charge in [-0.25, -0.2) is 8.42 Å². The normalized spacial score (nSPS) is 11.2. The number of anilines is 1. The number of hydrogen-bond acceptors (Lipinski definition) is 3. The molecule has 13 heavy (non-hydrogen) atoms. The Hall–Kier alpha value is -0.370. The van der Waals surface area contributed by atoms with E-state index in [1.807, 2.05) is 22.6 Å². The molecule has 1 aromatic heterocycles. The third-order valence-electron chi connectivity index (χ3n) is 1.42. The van der Waals surface area contributed by atoms with Gasteiger partial charge in [0, 0.05) is 12.4 Å². The zero-order valence-corrected chi connectivity index (χ0v) is 9.96. The van der Waals surface area contributed by atoms with Gasteiger partial charge < -0.3 is 0 Å². The van der Waals surface area contributed by atoms with Crippen LogP contribution in [0, 0.1) is 3.57 Å². The molecule has 1 aromatic rings. The summed E-state index contributed by atoms with van der Waals surface area (Å²) in [6.45, 7) is 1.59. The maximum atomic E-state index is 11.2. The Kier molecular flexibility index (Phi) is 3.48. The molecule has 1 heterocycles. The predicted molar refractivity (Wildman–Crippen MR) is 60.0 cm³/mol. The average molecular weight is 312 g/mol. The minimum atomic E-state index is -3.18. The van der Waals surface area contributed by atoms with Gasteiger partial charge in [0.05, 0.1) is 15.0 Å². The van der Waals surface area contributed by atoms with Gasteiger partial charge in [0.25, 0.3) is 0 Å². The fraction of sp³-hybridized carbons (Fsp3) is 0.286. The number of aromatic nitrogens is 1. The fourth-order valence-corrected chi connectivity index (χ4v) is 2.01. The molecule has 1 rings (SSSR count). The Morgan fingerprint density at radius 3 is 2.85 bits per heavy atom. The third kappa shape index (κ3) is 3.11. The van der Waals surface area contributed by atoms with E-state index >= 15 is 0 Å². The second-order valence-corrected chi connectivity index (χ2v) is 5.53. The molecule has 6 heteroatoms. The molecule has 0 amide bonds. The van der Waals surface area contributed by atoms with Crippen LogP contribution in [-0.2, 0) is 10.0 Å². The van der Waals surface area contributed by atoms with Gasteiger partial charge in [-0.15, -0.1) is 0 Å². The summed E-state index contributed by atoms with van der Waals surface area (Å²) in [5.74, 6) is 0.0748. The van der Waals surface area contributed by atoms with Crippen molar-refractivity contribution in [2.75, 3.05) is 10.5 Å². The highest BCUT2D eigenvalue weighted by molar-refractivity contribution is 14.1. The lowest BCUT2D eigenvalue weighted by Crippen LogP contribution is -2.15. The van der Waals surface area contributed by atoms with Crippen molar-refractivity contribution in [2.45, 2.75) is 6.92 Å². The van der Waals surface area contributed by atoms with E-state index in [-0.39, 0.29) is 5.75 Å². The second-order valence-electron chi connectivity index (χ2n) is 2.36. The van der Waals surface area contributed by atoms with Crippen molar-refractivity contribution < 1.29 is 8.42 Å². The Morgan fingerprint density at radius 1 is 1.62 bits per heavy atom. The average Bonchev–Trinajstić information content (AvgIpc) is 2.09. The summed E-state index contributed by atoms with van der Waals surface area (Å²) in [5, 5.41) is 0. The molecule has 0 aromatic carbocycles. The first-order valence-corrected chi connectivity index (χ1v) is 6.38. The van der Waals surface area contributed by atoms with Crippen LogP contribution in [-0.4, -0.2) is 19.2 Å². The van der Waals surface area contributed by atoms with E-state index in [2.05, 4.69) is 9.71 Å². The quantitative estimate of drug-likeness (QED) is 0.860. The first-order valence-electron chi connectivity index (χ1n) is 3.65. The summed E-state index contributed by atoms with van der Waals surface area (Å²) < 4.78 is 25.6. The molecule has 0 aliphatic carbocycles. The van der Waals surface area contributed by atoms with Gasteiger partial charge in [0.15, 0.2) is 0 Å². The summed E-state index contributed by atoms with van der Waals surface area (Å²) in [4.78, 5) is 3.86. The second kappa shape index (κ2) is 4.23. The number of pyridine rings is 1. The van der Waals surface area contributed by atoms with Crippen LogP contribution < -0.4 is 4.72 Å². The van der Waals surface area contributed by atoms with E-state index in [0.717, 1.165) is 3.57 Å². The molecule has 0 radical (unpaired) electrons. The number of nitrogens with one attached hydrogen (secondary N) is 1. The first-order chi connectivity index (χ1) is 6.05. The Labute approximate surface area is 91.0 Å². The van der Waals surface area contributed by atoms with Crippen molar-refractivity contribution in [3.05, 3.63) is 22.0 Å². The van der Waals surface area contributed by atoms with Crippen molar-refractivity contribution >= 4 is 38.3 Å². The maximum Gasteiger partial charge on any atom is 0.232 e. The fourth-order valence-electron chi connectivity index (χ4n) is 0.698. The van der Waals surface area contributed by atoms with E-state index < -0.39 is 10.0 Å². The highest BCUT2D eigenvalue weighted by Gasteiger charge is 2.08. The highest BCUT2D eigenvalue weighted by atomic mass is 127. The molecule has 72 valence electrons. The topological polar surface area (TPSA) is 59.1 Å². The lowest BCUT2D eigenvalue weighted by molar-refractivity contribution is 0.602. The van der Waals surface area contributed by atoms with Crippen molar-refractivity contribution in [1.82, 2.24) is 4.98 Å². The summed E-state index contributed by atoms with van der Waals surface area (Å²) in [5.41, 5.74) is 0.581. The maximum absolute atomic E-state index is 11.2. The van der Waals surface area contributed by atoms with E-state index in [0.29, 0.717) is 5.69 Å².